The van der Waals surface area contributed by atoms with Crippen molar-refractivity contribution in [3.8, 4) is 0 Å². The number of aryl methyl sites for hydroxylation is 1. The van der Waals surface area contributed by atoms with Gasteiger partial charge in [0.25, 0.3) is 5.91 Å². The molecule has 2 aromatic carbocycles. The minimum atomic E-state index is -0.163. The number of rotatable bonds is 3. The van der Waals surface area contributed by atoms with Crippen molar-refractivity contribution in [3.63, 3.8) is 0 Å². The lowest BCUT2D eigenvalue weighted by molar-refractivity contribution is 0.102. The predicted molar refractivity (Wildman–Crippen MR) is 92.6 cm³/mol. The summed E-state index contributed by atoms with van der Waals surface area (Å²) in [5.74, 6) is -0.163. The molecule has 3 nitrogen and oxygen atoms in total. The SMILES string of the molecule is Cc1ccc(C(=O)Nc2ccc(N(C)C)c(Cl)c2)cc1Br. The highest BCUT2D eigenvalue weighted by molar-refractivity contribution is 9.10. The molecule has 5 heteroatoms. The van der Waals surface area contributed by atoms with Crippen LogP contribution in [0.15, 0.2) is 40.9 Å². The Morgan fingerprint density at radius 2 is 1.90 bits per heavy atom. The Kier molecular flexibility index (Phi) is 4.91. The maximum Gasteiger partial charge on any atom is 0.255 e. The third kappa shape index (κ3) is 3.77. The van der Waals surface area contributed by atoms with E-state index in [1.165, 1.54) is 0 Å². The van der Waals surface area contributed by atoms with E-state index in [0.717, 1.165) is 15.7 Å². The van der Waals surface area contributed by atoms with Crippen LogP contribution in [0.4, 0.5) is 11.4 Å². The molecule has 21 heavy (non-hydrogen) atoms. The number of halogens is 2. The molecule has 0 radical (unpaired) electrons. The summed E-state index contributed by atoms with van der Waals surface area (Å²) in [6.45, 7) is 1.98. The van der Waals surface area contributed by atoms with Crippen LogP contribution < -0.4 is 10.2 Å². The molecule has 0 spiro atoms. The summed E-state index contributed by atoms with van der Waals surface area (Å²) in [4.78, 5) is 14.1. The van der Waals surface area contributed by atoms with Crippen LogP contribution in [-0.4, -0.2) is 20.0 Å². The zero-order valence-electron chi connectivity index (χ0n) is 12.1. The first-order valence-corrected chi connectivity index (χ1v) is 7.60. The maximum absolute atomic E-state index is 12.2. The number of carbonyl (C=O) groups is 1. The summed E-state index contributed by atoms with van der Waals surface area (Å²) in [6, 6.07) is 11.0. The first kappa shape index (κ1) is 15.9. The molecule has 0 heterocycles. The molecule has 1 amide bonds. The quantitative estimate of drug-likeness (QED) is 0.850. The normalized spacial score (nSPS) is 10.3. The van der Waals surface area contributed by atoms with Gasteiger partial charge >= 0.3 is 0 Å². The van der Waals surface area contributed by atoms with Gasteiger partial charge in [0.15, 0.2) is 0 Å². The largest absolute Gasteiger partial charge is 0.376 e. The smallest absolute Gasteiger partial charge is 0.255 e. The Labute approximate surface area is 138 Å². The lowest BCUT2D eigenvalue weighted by Gasteiger charge is -2.15. The van der Waals surface area contributed by atoms with E-state index in [2.05, 4.69) is 21.2 Å². The van der Waals surface area contributed by atoms with Gasteiger partial charge in [0.05, 0.1) is 10.7 Å². The number of carbonyl (C=O) groups excluding carboxylic acids is 1. The molecule has 0 unspecified atom stereocenters. The second-order valence-electron chi connectivity index (χ2n) is 4.98. The van der Waals surface area contributed by atoms with Gasteiger partial charge in [-0.05, 0) is 42.8 Å². The highest BCUT2D eigenvalue weighted by atomic mass is 79.9. The van der Waals surface area contributed by atoms with E-state index >= 15 is 0 Å². The second kappa shape index (κ2) is 6.50. The van der Waals surface area contributed by atoms with E-state index in [0.29, 0.717) is 16.3 Å². The number of nitrogens with zero attached hydrogens (tertiary/aromatic N) is 1. The van der Waals surface area contributed by atoms with Crippen molar-refractivity contribution in [1.82, 2.24) is 0 Å². The molecule has 2 aromatic rings. The average Bonchev–Trinajstić information content (AvgIpc) is 2.41. The van der Waals surface area contributed by atoms with Crippen molar-refractivity contribution in [3.05, 3.63) is 57.0 Å². The lowest BCUT2D eigenvalue weighted by atomic mass is 10.1. The van der Waals surface area contributed by atoms with E-state index in [-0.39, 0.29) is 5.91 Å². The Morgan fingerprint density at radius 3 is 2.48 bits per heavy atom. The van der Waals surface area contributed by atoms with Crippen LogP contribution in [0.25, 0.3) is 0 Å². The van der Waals surface area contributed by atoms with Crippen LogP contribution in [-0.2, 0) is 0 Å². The molecule has 0 aliphatic carbocycles. The molecule has 0 saturated carbocycles. The van der Waals surface area contributed by atoms with Crippen LogP contribution in [0.5, 0.6) is 0 Å². The Bertz CT molecular complexity index is 686. The zero-order chi connectivity index (χ0) is 15.6. The molecular formula is C16H16BrClN2O. The van der Waals surface area contributed by atoms with Crippen LogP contribution >= 0.6 is 27.5 Å². The molecule has 1 N–H and O–H groups in total. The average molecular weight is 368 g/mol. The van der Waals surface area contributed by atoms with Gasteiger partial charge in [-0.2, -0.15) is 0 Å². The summed E-state index contributed by atoms with van der Waals surface area (Å²) < 4.78 is 0.913. The van der Waals surface area contributed by atoms with Crippen molar-refractivity contribution < 1.29 is 4.79 Å². The van der Waals surface area contributed by atoms with Crippen molar-refractivity contribution >= 4 is 44.8 Å². The van der Waals surface area contributed by atoms with E-state index in [1.807, 2.05) is 44.1 Å². The van der Waals surface area contributed by atoms with Crippen molar-refractivity contribution in [2.24, 2.45) is 0 Å². The van der Waals surface area contributed by atoms with Gasteiger partial charge in [-0.3, -0.25) is 4.79 Å². The van der Waals surface area contributed by atoms with Crippen molar-refractivity contribution in [2.45, 2.75) is 6.92 Å². The van der Waals surface area contributed by atoms with Crippen molar-refractivity contribution in [1.29, 1.82) is 0 Å². The Balaban J connectivity index is 2.19. The monoisotopic (exact) mass is 366 g/mol. The van der Waals surface area contributed by atoms with Gasteiger partial charge in [0.1, 0.15) is 0 Å². The van der Waals surface area contributed by atoms with E-state index in [9.17, 15) is 4.79 Å². The summed E-state index contributed by atoms with van der Waals surface area (Å²) >= 11 is 9.63. The van der Waals surface area contributed by atoms with Gasteiger partial charge in [-0.1, -0.05) is 33.6 Å². The predicted octanol–water partition coefficient (Wildman–Crippen LogP) is 4.73. The fourth-order valence-electron chi connectivity index (χ4n) is 1.88. The lowest BCUT2D eigenvalue weighted by Crippen LogP contribution is -2.13. The molecule has 0 bridgehead atoms. The third-order valence-corrected chi connectivity index (χ3v) is 4.28. The minimum Gasteiger partial charge on any atom is -0.376 e. The van der Waals surface area contributed by atoms with Crippen LogP contribution in [0, 0.1) is 6.92 Å². The number of anilines is 2. The topological polar surface area (TPSA) is 32.3 Å². The molecule has 0 fully saturated rings. The summed E-state index contributed by atoms with van der Waals surface area (Å²) in [5, 5.41) is 3.45. The standard InChI is InChI=1S/C16H16BrClN2O/c1-10-4-5-11(8-13(10)17)16(21)19-12-6-7-15(20(2)3)14(18)9-12/h4-9H,1-3H3,(H,19,21). The minimum absolute atomic E-state index is 0.163. The second-order valence-corrected chi connectivity index (χ2v) is 6.24. The number of hydrogen-bond acceptors (Lipinski definition) is 2. The first-order valence-electron chi connectivity index (χ1n) is 6.43. The summed E-state index contributed by atoms with van der Waals surface area (Å²) in [7, 11) is 3.84. The summed E-state index contributed by atoms with van der Waals surface area (Å²) in [6.07, 6.45) is 0. The molecule has 0 atom stereocenters. The van der Waals surface area contributed by atoms with Crippen molar-refractivity contribution in [2.75, 3.05) is 24.3 Å². The number of hydrogen-bond donors (Lipinski definition) is 1. The van der Waals surface area contributed by atoms with Gasteiger partial charge in [0.2, 0.25) is 0 Å². The van der Waals surface area contributed by atoms with Gasteiger partial charge in [-0.15, -0.1) is 0 Å². The van der Waals surface area contributed by atoms with Crippen LogP contribution in [0.2, 0.25) is 5.02 Å². The highest BCUT2D eigenvalue weighted by Gasteiger charge is 2.09. The molecular weight excluding hydrogens is 352 g/mol. The van der Waals surface area contributed by atoms with E-state index in [4.69, 9.17) is 11.6 Å². The van der Waals surface area contributed by atoms with Gasteiger partial charge in [0, 0.05) is 29.8 Å². The first-order chi connectivity index (χ1) is 9.88. The Morgan fingerprint density at radius 1 is 1.19 bits per heavy atom. The Hall–Kier alpha value is -1.52. The molecule has 110 valence electrons. The molecule has 0 saturated heterocycles. The fraction of sp³-hybridized carbons (Fsp3) is 0.188. The molecule has 0 aliphatic rings. The number of nitrogens with one attached hydrogen (secondary N) is 1. The fourth-order valence-corrected chi connectivity index (χ4v) is 2.61. The number of benzene rings is 2. The van der Waals surface area contributed by atoms with Crippen LogP contribution in [0.1, 0.15) is 15.9 Å². The maximum atomic E-state index is 12.2. The zero-order valence-corrected chi connectivity index (χ0v) is 14.4. The van der Waals surface area contributed by atoms with E-state index < -0.39 is 0 Å². The molecule has 0 aliphatic heterocycles. The van der Waals surface area contributed by atoms with Gasteiger partial charge < -0.3 is 10.2 Å². The highest BCUT2D eigenvalue weighted by Crippen LogP contribution is 2.27. The summed E-state index contributed by atoms with van der Waals surface area (Å²) in [5.41, 5.74) is 3.27. The third-order valence-electron chi connectivity index (χ3n) is 3.12. The molecule has 2 rings (SSSR count). The van der Waals surface area contributed by atoms with Gasteiger partial charge in [-0.25, -0.2) is 0 Å². The molecule has 0 aromatic heterocycles. The van der Waals surface area contributed by atoms with Crippen LogP contribution in [0.3, 0.4) is 0 Å². The van der Waals surface area contributed by atoms with E-state index in [1.54, 1.807) is 18.2 Å². The number of amides is 1.